The Labute approximate surface area is 195 Å². The molecule has 0 saturated heterocycles. The molecule has 0 aliphatic carbocycles. The van der Waals surface area contributed by atoms with Crippen LogP contribution in [0.1, 0.15) is 67.4 Å². The largest absolute Gasteiger partial charge is 0.466 e. The first-order valence-electron chi connectivity index (χ1n) is 11.6. The number of hydrogen-bond donors (Lipinski definition) is 0. The van der Waals surface area contributed by atoms with Gasteiger partial charge in [0, 0.05) is 12.0 Å². The second kappa shape index (κ2) is 12.0. The number of hydrogen-bond acceptors (Lipinski definition) is 4. The van der Waals surface area contributed by atoms with E-state index in [0.717, 1.165) is 23.2 Å². The molecule has 172 valence electrons. The van der Waals surface area contributed by atoms with E-state index < -0.39 is 0 Å². The van der Waals surface area contributed by atoms with Crippen LogP contribution in [0.15, 0.2) is 72.0 Å². The van der Waals surface area contributed by atoms with Crippen LogP contribution in [0.2, 0.25) is 0 Å². The number of carbonyl (C=O) groups excluding carboxylic acids is 1. The van der Waals surface area contributed by atoms with Gasteiger partial charge in [0.15, 0.2) is 0 Å². The molecule has 2 aromatic carbocycles. The zero-order chi connectivity index (χ0) is 23.6. The van der Waals surface area contributed by atoms with Crippen molar-refractivity contribution in [3.05, 3.63) is 106 Å². The number of aryl methyl sites for hydroxylation is 1. The van der Waals surface area contributed by atoms with Gasteiger partial charge in [-0.3, -0.25) is 14.2 Å². The fourth-order valence-electron chi connectivity index (χ4n) is 4.13. The lowest BCUT2D eigenvalue weighted by Gasteiger charge is -2.25. The minimum Gasteiger partial charge on any atom is -0.466 e. The summed E-state index contributed by atoms with van der Waals surface area (Å²) in [5.74, 6) is 0.309. The molecule has 0 unspecified atom stereocenters. The Bertz CT molecular complexity index is 1080. The van der Waals surface area contributed by atoms with E-state index in [2.05, 4.69) is 13.5 Å². The van der Waals surface area contributed by atoms with Crippen molar-refractivity contribution in [2.75, 3.05) is 6.61 Å². The van der Waals surface area contributed by atoms with E-state index >= 15 is 0 Å². The molecule has 0 saturated carbocycles. The molecule has 5 nitrogen and oxygen atoms in total. The lowest BCUT2D eigenvalue weighted by Crippen LogP contribution is -2.33. The van der Waals surface area contributed by atoms with E-state index in [0.29, 0.717) is 43.7 Å². The molecule has 1 heterocycles. The second-order valence-corrected chi connectivity index (χ2v) is 7.91. The lowest BCUT2D eigenvalue weighted by molar-refractivity contribution is -0.143. The summed E-state index contributed by atoms with van der Waals surface area (Å²) in [6, 6.07) is 19.7. The maximum Gasteiger partial charge on any atom is 0.305 e. The summed E-state index contributed by atoms with van der Waals surface area (Å²) in [5, 5.41) is 0. The van der Waals surface area contributed by atoms with Crippen LogP contribution in [0.5, 0.6) is 0 Å². The van der Waals surface area contributed by atoms with Gasteiger partial charge in [0.1, 0.15) is 5.82 Å². The molecule has 1 aromatic heterocycles. The van der Waals surface area contributed by atoms with Crippen molar-refractivity contribution in [1.82, 2.24) is 9.55 Å². The normalized spacial score (nSPS) is 10.9. The van der Waals surface area contributed by atoms with Crippen LogP contribution in [-0.2, 0) is 22.4 Å². The van der Waals surface area contributed by atoms with E-state index in [1.807, 2.05) is 60.7 Å². The Kier molecular flexibility index (Phi) is 8.76. The van der Waals surface area contributed by atoms with Crippen LogP contribution in [-0.4, -0.2) is 22.1 Å². The molecule has 5 heteroatoms. The van der Waals surface area contributed by atoms with Crippen LogP contribution >= 0.6 is 0 Å². The van der Waals surface area contributed by atoms with Gasteiger partial charge in [-0.15, -0.1) is 0 Å². The van der Waals surface area contributed by atoms with Gasteiger partial charge >= 0.3 is 5.97 Å². The number of carbonyl (C=O) groups is 1. The van der Waals surface area contributed by atoms with Crippen LogP contribution in [0.4, 0.5) is 0 Å². The number of esters is 1. The molecule has 0 amide bonds. The third-order valence-electron chi connectivity index (χ3n) is 5.59. The minimum atomic E-state index is -0.315. The van der Waals surface area contributed by atoms with E-state index in [4.69, 9.17) is 9.72 Å². The maximum absolute atomic E-state index is 13.9. The molecule has 0 fully saturated rings. The Morgan fingerprint density at radius 1 is 1.03 bits per heavy atom. The van der Waals surface area contributed by atoms with Crippen LogP contribution in [0, 0.1) is 0 Å². The Hall–Kier alpha value is -3.47. The average molecular weight is 445 g/mol. The van der Waals surface area contributed by atoms with Gasteiger partial charge in [-0.25, -0.2) is 4.98 Å². The summed E-state index contributed by atoms with van der Waals surface area (Å²) in [7, 11) is 0. The topological polar surface area (TPSA) is 61.2 Å². The van der Waals surface area contributed by atoms with Crippen LogP contribution < -0.4 is 5.56 Å². The van der Waals surface area contributed by atoms with Crippen LogP contribution in [0.25, 0.3) is 6.08 Å². The second-order valence-electron chi connectivity index (χ2n) is 7.91. The van der Waals surface area contributed by atoms with Gasteiger partial charge in [0.2, 0.25) is 0 Å². The maximum atomic E-state index is 13.9. The zero-order valence-corrected chi connectivity index (χ0v) is 19.5. The predicted molar refractivity (Wildman–Crippen MR) is 132 cm³/mol. The highest BCUT2D eigenvalue weighted by molar-refractivity contribution is 5.69. The highest BCUT2D eigenvalue weighted by atomic mass is 16.5. The van der Waals surface area contributed by atoms with Crippen molar-refractivity contribution in [1.29, 1.82) is 0 Å². The Morgan fingerprint density at radius 2 is 1.64 bits per heavy atom. The standard InChI is InChI=1S/C28H32N2O3/c1-4-14-23-24(19-13-20-26(31)33-6-3)29-25(5-2)30(28(23)32)27(21-15-9-7-10-16-21)22-17-11-8-12-18-22/h5,7-12,15-18,27H,2,4,6,13-14,19-20H2,1,3H3. The van der Waals surface area contributed by atoms with Crippen molar-refractivity contribution in [2.45, 2.75) is 52.0 Å². The number of nitrogens with zero attached hydrogens (tertiary/aromatic N) is 2. The molecule has 0 atom stereocenters. The zero-order valence-electron chi connectivity index (χ0n) is 19.5. The van der Waals surface area contributed by atoms with Gasteiger partial charge in [-0.2, -0.15) is 0 Å². The van der Waals surface area contributed by atoms with Gasteiger partial charge < -0.3 is 4.74 Å². The first-order chi connectivity index (χ1) is 16.1. The molecule has 0 spiro atoms. The summed E-state index contributed by atoms with van der Waals surface area (Å²) in [6.45, 7) is 8.18. The SMILES string of the molecule is C=Cc1nc(CCCC(=O)OCC)c(CCC)c(=O)n1C(c1ccccc1)c1ccccc1. The highest BCUT2D eigenvalue weighted by Gasteiger charge is 2.23. The summed E-state index contributed by atoms with van der Waals surface area (Å²) in [4.78, 5) is 30.6. The first kappa shape index (κ1) is 24.2. The fourth-order valence-corrected chi connectivity index (χ4v) is 4.13. The molecule has 0 bridgehead atoms. The van der Waals surface area contributed by atoms with E-state index in [1.54, 1.807) is 17.6 Å². The van der Waals surface area contributed by atoms with E-state index in [9.17, 15) is 9.59 Å². The molecular formula is C28H32N2O3. The fraction of sp³-hybridized carbons (Fsp3) is 0.321. The predicted octanol–water partition coefficient (Wildman–Crippen LogP) is 5.36. The van der Waals surface area contributed by atoms with Crippen LogP contribution in [0.3, 0.4) is 0 Å². The number of ether oxygens (including phenoxy) is 1. The number of benzene rings is 2. The molecule has 3 aromatic rings. The summed E-state index contributed by atoms with van der Waals surface area (Å²) in [6.07, 6.45) is 4.55. The van der Waals surface area contributed by atoms with Gasteiger partial charge in [-0.05, 0) is 43.4 Å². The molecule has 0 N–H and O–H groups in total. The quantitative estimate of drug-likeness (QED) is 0.374. The number of aromatic nitrogens is 2. The highest BCUT2D eigenvalue weighted by Crippen LogP contribution is 2.27. The lowest BCUT2D eigenvalue weighted by atomic mass is 9.97. The van der Waals surface area contributed by atoms with Gasteiger partial charge in [-0.1, -0.05) is 80.6 Å². The summed E-state index contributed by atoms with van der Waals surface area (Å²) < 4.78 is 6.79. The molecule has 0 aliphatic heterocycles. The molecule has 3 rings (SSSR count). The molecule has 0 aliphatic rings. The first-order valence-corrected chi connectivity index (χ1v) is 11.6. The third-order valence-corrected chi connectivity index (χ3v) is 5.59. The minimum absolute atomic E-state index is 0.0504. The van der Waals surface area contributed by atoms with Gasteiger partial charge in [0.25, 0.3) is 5.56 Å². The average Bonchev–Trinajstić information content (AvgIpc) is 2.84. The monoisotopic (exact) mass is 444 g/mol. The molecule has 0 radical (unpaired) electrons. The smallest absolute Gasteiger partial charge is 0.305 e. The van der Waals surface area contributed by atoms with Crippen molar-refractivity contribution < 1.29 is 9.53 Å². The summed E-state index contributed by atoms with van der Waals surface area (Å²) in [5.41, 5.74) is 3.42. The van der Waals surface area contributed by atoms with E-state index in [1.165, 1.54) is 0 Å². The third kappa shape index (κ3) is 5.86. The van der Waals surface area contributed by atoms with Gasteiger partial charge in [0.05, 0.1) is 18.3 Å². The Morgan fingerprint density at radius 3 is 2.15 bits per heavy atom. The summed E-state index contributed by atoms with van der Waals surface area (Å²) >= 11 is 0. The van der Waals surface area contributed by atoms with Crippen molar-refractivity contribution in [3.63, 3.8) is 0 Å². The Balaban J connectivity index is 2.12. The molecule has 33 heavy (non-hydrogen) atoms. The molecular weight excluding hydrogens is 412 g/mol. The van der Waals surface area contributed by atoms with Crippen molar-refractivity contribution >= 4 is 12.0 Å². The van der Waals surface area contributed by atoms with Crippen molar-refractivity contribution in [2.24, 2.45) is 0 Å². The van der Waals surface area contributed by atoms with Crippen molar-refractivity contribution in [3.8, 4) is 0 Å². The number of rotatable bonds is 11. The van der Waals surface area contributed by atoms with E-state index in [-0.39, 0.29) is 17.6 Å².